The number of rotatable bonds is 3. The number of likely N-dealkylation sites (tertiary alicyclic amines) is 1. The van der Waals surface area contributed by atoms with Crippen LogP contribution in [0.25, 0.3) is 0 Å². The predicted molar refractivity (Wildman–Crippen MR) is 78.2 cm³/mol. The summed E-state index contributed by atoms with van der Waals surface area (Å²) < 4.78 is 0. The van der Waals surface area contributed by atoms with E-state index >= 15 is 0 Å². The fraction of sp³-hybridized carbons (Fsp3) is 0.533. The molecule has 0 aromatic heterocycles. The Labute approximate surface area is 123 Å². The number of nitro groups is 1. The van der Waals surface area contributed by atoms with Crippen LogP contribution in [0.2, 0.25) is 0 Å². The summed E-state index contributed by atoms with van der Waals surface area (Å²) in [6, 6.07) is 4.35. The number of aliphatic hydroxyl groups is 1. The molecular formula is C15H20N2O4. The second-order valence-corrected chi connectivity index (χ2v) is 5.44. The SMILES string of the molecule is Cc1ccc(C(=O)N2CCCCCC2CO)cc1[N+](=O)[O-]. The van der Waals surface area contributed by atoms with Gasteiger partial charge in [-0.2, -0.15) is 0 Å². The van der Waals surface area contributed by atoms with Gasteiger partial charge in [0.15, 0.2) is 0 Å². The zero-order chi connectivity index (χ0) is 15.4. The minimum Gasteiger partial charge on any atom is -0.394 e. The lowest BCUT2D eigenvalue weighted by molar-refractivity contribution is -0.385. The molecule has 1 aliphatic heterocycles. The molecule has 1 saturated heterocycles. The molecule has 0 aliphatic carbocycles. The number of carbonyl (C=O) groups is 1. The number of nitro benzene ring substituents is 1. The molecule has 1 N–H and O–H groups in total. The lowest BCUT2D eigenvalue weighted by Gasteiger charge is -2.28. The van der Waals surface area contributed by atoms with Crippen LogP contribution in [-0.2, 0) is 0 Å². The summed E-state index contributed by atoms with van der Waals surface area (Å²) >= 11 is 0. The van der Waals surface area contributed by atoms with E-state index in [1.54, 1.807) is 24.0 Å². The summed E-state index contributed by atoms with van der Waals surface area (Å²) in [5.74, 6) is -0.237. The maximum Gasteiger partial charge on any atom is 0.273 e. The molecule has 2 rings (SSSR count). The smallest absolute Gasteiger partial charge is 0.273 e. The molecule has 6 nitrogen and oxygen atoms in total. The Kier molecular flexibility index (Phi) is 4.90. The van der Waals surface area contributed by atoms with E-state index in [0.29, 0.717) is 17.7 Å². The number of amides is 1. The van der Waals surface area contributed by atoms with E-state index in [1.807, 2.05) is 0 Å². The van der Waals surface area contributed by atoms with Crippen molar-refractivity contribution >= 4 is 11.6 Å². The van der Waals surface area contributed by atoms with Crippen LogP contribution in [0.5, 0.6) is 0 Å². The maximum absolute atomic E-state index is 12.6. The zero-order valence-corrected chi connectivity index (χ0v) is 12.1. The van der Waals surface area contributed by atoms with Gasteiger partial charge in [0.25, 0.3) is 11.6 Å². The molecule has 0 saturated carbocycles. The number of carbonyl (C=O) groups excluding carboxylic acids is 1. The summed E-state index contributed by atoms with van der Waals surface area (Å²) in [6.45, 7) is 2.17. The fourth-order valence-corrected chi connectivity index (χ4v) is 2.74. The van der Waals surface area contributed by atoms with Gasteiger partial charge in [-0.3, -0.25) is 14.9 Å². The zero-order valence-electron chi connectivity index (χ0n) is 12.1. The highest BCUT2D eigenvalue weighted by atomic mass is 16.6. The molecule has 0 spiro atoms. The van der Waals surface area contributed by atoms with E-state index in [4.69, 9.17) is 0 Å². The Morgan fingerprint density at radius 3 is 2.86 bits per heavy atom. The Bertz CT molecular complexity index is 544. The maximum atomic E-state index is 12.6. The normalized spacial score (nSPS) is 19.1. The minimum absolute atomic E-state index is 0.0452. The summed E-state index contributed by atoms with van der Waals surface area (Å²) in [4.78, 5) is 24.8. The Hall–Kier alpha value is -1.95. The van der Waals surface area contributed by atoms with Crippen molar-refractivity contribution in [3.8, 4) is 0 Å². The van der Waals surface area contributed by atoms with Crippen molar-refractivity contribution in [1.29, 1.82) is 0 Å². The molecule has 21 heavy (non-hydrogen) atoms. The second-order valence-electron chi connectivity index (χ2n) is 5.44. The molecular weight excluding hydrogens is 272 g/mol. The number of hydrogen-bond acceptors (Lipinski definition) is 4. The largest absolute Gasteiger partial charge is 0.394 e. The average Bonchev–Trinajstić information content (AvgIpc) is 2.71. The Balaban J connectivity index is 2.29. The summed E-state index contributed by atoms with van der Waals surface area (Å²) in [7, 11) is 0. The van der Waals surface area contributed by atoms with Crippen LogP contribution in [0, 0.1) is 17.0 Å². The molecule has 0 radical (unpaired) electrons. The first-order chi connectivity index (χ1) is 10.0. The quantitative estimate of drug-likeness (QED) is 0.684. The van der Waals surface area contributed by atoms with Gasteiger partial charge in [0.05, 0.1) is 17.6 Å². The van der Waals surface area contributed by atoms with Gasteiger partial charge in [0.1, 0.15) is 0 Å². The van der Waals surface area contributed by atoms with Gasteiger partial charge in [0.2, 0.25) is 0 Å². The molecule has 1 heterocycles. The standard InChI is InChI=1S/C15H20N2O4/c1-11-6-7-12(9-14(11)17(20)21)15(19)16-8-4-2-3-5-13(16)10-18/h6-7,9,13,18H,2-5,8,10H2,1H3. The summed E-state index contributed by atoms with van der Waals surface area (Å²) in [5, 5.41) is 20.5. The Morgan fingerprint density at radius 2 is 2.19 bits per heavy atom. The predicted octanol–water partition coefficient (Wildman–Crippen LogP) is 2.28. The van der Waals surface area contributed by atoms with Crippen molar-refractivity contribution in [2.24, 2.45) is 0 Å². The van der Waals surface area contributed by atoms with E-state index < -0.39 is 4.92 Å². The first-order valence-corrected chi connectivity index (χ1v) is 7.21. The number of aryl methyl sites for hydroxylation is 1. The van der Waals surface area contributed by atoms with E-state index in [0.717, 1.165) is 25.7 Å². The van der Waals surface area contributed by atoms with Crippen LogP contribution >= 0.6 is 0 Å². The van der Waals surface area contributed by atoms with Gasteiger partial charge in [-0.25, -0.2) is 0 Å². The highest BCUT2D eigenvalue weighted by molar-refractivity contribution is 5.95. The monoisotopic (exact) mass is 292 g/mol. The van der Waals surface area contributed by atoms with Crippen molar-refractivity contribution in [2.75, 3.05) is 13.2 Å². The van der Waals surface area contributed by atoms with Gasteiger partial charge in [-0.1, -0.05) is 18.9 Å². The molecule has 1 unspecified atom stereocenters. The van der Waals surface area contributed by atoms with Crippen LogP contribution < -0.4 is 0 Å². The molecule has 1 aliphatic rings. The molecule has 1 atom stereocenters. The van der Waals surface area contributed by atoms with E-state index in [1.165, 1.54) is 6.07 Å². The third kappa shape index (κ3) is 3.39. The van der Waals surface area contributed by atoms with E-state index in [9.17, 15) is 20.0 Å². The van der Waals surface area contributed by atoms with Crippen molar-refractivity contribution in [3.63, 3.8) is 0 Å². The van der Waals surface area contributed by atoms with Crippen LogP contribution in [0.15, 0.2) is 18.2 Å². The first kappa shape index (κ1) is 15.4. The topological polar surface area (TPSA) is 83.7 Å². The molecule has 1 aromatic carbocycles. The molecule has 0 bridgehead atoms. The van der Waals surface area contributed by atoms with Gasteiger partial charge in [-0.05, 0) is 25.8 Å². The minimum atomic E-state index is -0.474. The second kappa shape index (κ2) is 6.67. The highest BCUT2D eigenvalue weighted by Gasteiger charge is 2.27. The summed E-state index contributed by atoms with van der Waals surface area (Å²) in [5.41, 5.74) is 0.801. The van der Waals surface area contributed by atoms with Crippen molar-refractivity contribution < 1.29 is 14.8 Å². The van der Waals surface area contributed by atoms with Crippen LogP contribution in [-0.4, -0.2) is 40.0 Å². The van der Waals surface area contributed by atoms with E-state index in [-0.39, 0.29) is 24.2 Å². The number of benzene rings is 1. The van der Waals surface area contributed by atoms with Crippen molar-refractivity contribution in [1.82, 2.24) is 4.90 Å². The number of nitrogens with zero attached hydrogens (tertiary/aromatic N) is 2. The lowest BCUT2D eigenvalue weighted by Crippen LogP contribution is -2.42. The van der Waals surface area contributed by atoms with Crippen LogP contribution in [0.1, 0.15) is 41.6 Å². The molecule has 1 amide bonds. The summed E-state index contributed by atoms with van der Waals surface area (Å²) in [6.07, 6.45) is 3.70. The average molecular weight is 292 g/mol. The van der Waals surface area contributed by atoms with Gasteiger partial charge < -0.3 is 10.0 Å². The third-order valence-corrected chi connectivity index (χ3v) is 4.00. The number of hydrogen-bond donors (Lipinski definition) is 1. The highest BCUT2D eigenvalue weighted by Crippen LogP contribution is 2.23. The third-order valence-electron chi connectivity index (χ3n) is 4.00. The van der Waals surface area contributed by atoms with Gasteiger partial charge >= 0.3 is 0 Å². The van der Waals surface area contributed by atoms with E-state index in [2.05, 4.69) is 0 Å². The van der Waals surface area contributed by atoms with Gasteiger partial charge in [0, 0.05) is 23.7 Å². The van der Waals surface area contributed by atoms with Crippen molar-refractivity contribution in [3.05, 3.63) is 39.4 Å². The Morgan fingerprint density at radius 1 is 1.43 bits per heavy atom. The number of aliphatic hydroxyl groups excluding tert-OH is 1. The molecule has 1 fully saturated rings. The fourth-order valence-electron chi connectivity index (χ4n) is 2.74. The molecule has 1 aromatic rings. The van der Waals surface area contributed by atoms with Crippen molar-refractivity contribution in [2.45, 2.75) is 38.6 Å². The first-order valence-electron chi connectivity index (χ1n) is 7.21. The molecule has 114 valence electrons. The van der Waals surface area contributed by atoms with Crippen LogP contribution in [0.4, 0.5) is 5.69 Å². The molecule has 6 heteroatoms. The van der Waals surface area contributed by atoms with Gasteiger partial charge in [-0.15, -0.1) is 0 Å². The lowest BCUT2D eigenvalue weighted by atomic mass is 10.1. The van der Waals surface area contributed by atoms with Crippen LogP contribution in [0.3, 0.4) is 0 Å².